The van der Waals surface area contributed by atoms with Crippen molar-refractivity contribution in [2.24, 2.45) is 17.8 Å². The Labute approximate surface area is 194 Å². The van der Waals surface area contributed by atoms with Gasteiger partial charge in [-0.3, -0.25) is 0 Å². The molecule has 0 radical (unpaired) electrons. The van der Waals surface area contributed by atoms with Crippen LogP contribution in [0.2, 0.25) is 5.02 Å². The van der Waals surface area contributed by atoms with Crippen molar-refractivity contribution >= 4 is 17.4 Å². The molecular weight excluding hydrogens is 427 g/mol. The van der Waals surface area contributed by atoms with E-state index in [0.29, 0.717) is 22.3 Å². The molecule has 1 aromatic heterocycles. The summed E-state index contributed by atoms with van der Waals surface area (Å²) in [5.41, 5.74) is 1.17. The number of nitrogens with one attached hydrogen (secondary N) is 1. The molecule has 2 saturated heterocycles. The number of aromatic nitrogens is 2. The van der Waals surface area contributed by atoms with Crippen LogP contribution < -0.4 is 5.32 Å². The molecule has 1 saturated carbocycles. The minimum absolute atomic E-state index is 0.0319. The van der Waals surface area contributed by atoms with Crippen LogP contribution in [0.1, 0.15) is 39.5 Å². The van der Waals surface area contributed by atoms with Gasteiger partial charge in [0.05, 0.1) is 16.3 Å². The minimum Gasteiger partial charge on any atom is -0.376 e. The molecule has 32 heavy (non-hydrogen) atoms. The Kier molecular flexibility index (Phi) is 6.12. The lowest BCUT2D eigenvalue weighted by atomic mass is 9.88. The molecular formula is C25H32ClFN4O. The van der Waals surface area contributed by atoms with E-state index in [9.17, 15) is 4.39 Å². The maximum atomic E-state index is 13.6. The molecule has 3 aliphatic rings. The van der Waals surface area contributed by atoms with Gasteiger partial charge in [0.15, 0.2) is 0 Å². The van der Waals surface area contributed by atoms with Crippen molar-refractivity contribution in [3.05, 3.63) is 41.2 Å². The maximum Gasteiger partial charge on any atom is 0.148 e. The Bertz CT molecular complexity index is 939. The van der Waals surface area contributed by atoms with E-state index >= 15 is 0 Å². The van der Waals surface area contributed by atoms with Gasteiger partial charge in [-0.05, 0) is 87.6 Å². The van der Waals surface area contributed by atoms with Gasteiger partial charge in [0.1, 0.15) is 11.6 Å². The molecule has 5 rings (SSSR count). The molecule has 2 aliphatic heterocycles. The van der Waals surface area contributed by atoms with E-state index in [2.05, 4.69) is 34.3 Å². The quantitative estimate of drug-likeness (QED) is 0.662. The second-order valence-electron chi connectivity index (χ2n) is 10.4. The Morgan fingerprint density at radius 1 is 1.16 bits per heavy atom. The standard InChI is InChI=1S/C25H32ClFN4O/c1-25(2)12-16(7-8-32-25)13-31-14-17-9-20(10-18(17)15-31)28-24-6-5-23(29-30-24)21-11-19(27)3-4-22(21)26/h3-6,11,16-18,20H,7-10,12-15H2,1-2H3,(H,28,30)/t16?,17-,18+,20+. The highest BCUT2D eigenvalue weighted by molar-refractivity contribution is 6.33. The van der Waals surface area contributed by atoms with Crippen LogP contribution in [0.5, 0.6) is 0 Å². The molecule has 7 heteroatoms. The Morgan fingerprint density at radius 2 is 1.94 bits per heavy atom. The van der Waals surface area contributed by atoms with Gasteiger partial charge in [-0.15, -0.1) is 10.2 Å². The van der Waals surface area contributed by atoms with Gasteiger partial charge in [0.25, 0.3) is 0 Å². The number of halogens is 2. The molecule has 1 aliphatic carbocycles. The van der Waals surface area contributed by atoms with Crippen LogP contribution in [0.3, 0.4) is 0 Å². The van der Waals surface area contributed by atoms with Crippen LogP contribution in [-0.2, 0) is 4.74 Å². The second-order valence-corrected chi connectivity index (χ2v) is 10.9. The van der Waals surface area contributed by atoms with Gasteiger partial charge in [-0.2, -0.15) is 0 Å². The molecule has 1 aromatic carbocycles. The van der Waals surface area contributed by atoms with E-state index in [1.807, 2.05) is 12.1 Å². The van der Waals surface area contributed by atoms with Crippen molar-refractivity contribution in [2.45, 2.75) is 51.2 Å². The fraction of sp³-hybridized carbons (Fsp3) is 0.600. The third kappa shape index (κ3) is 4.92. The monoisotopic (exact) mass is 458 g/mol. The van der Waals surface area contributed by atoms with Gasteiger partial charge in [0, 0.05) is 37.8 Å². The van der Waals surface area contributed by atoms with Crippen molar-refractivity contribution in [1.29, 1.82) is 0 Å². The zero-order valence-electron chi connectivity index (χ0n) is 18.9. The average molecular weight is 459 g/mol. The van der Waals surface area contributed by atoms with Crippen LogP contribution in [-0.4, -0.2) is 53.0 Å². The average Bonchev–Trinajstić information content (AvgIpc) is 3.27. The molecule has 0 spiro atoms. The molecule has 2 aromatic rings. The lowest BCUT2D eigenvalue weighted by Gasteiger charge is -2.37. The zero-order valence-corrected chi connectivity index (χ0v) is 19.6. The number of anilines is 1. The highest BCUT2D eigenvalue weighted by Crippen LogP contribution is 2.40. The number of hydrogen-bond donors (Lipinski definition) is 1. The van der Waals surface area contributed by atoms with Gasteiger partial charge in [0.2, 0.25) is 0 Å². The molecule has 3 fully saturated rings. The molecule has 5 nitrogen and oxygen atoms in total. The van der Waals surface area contributed by atoms with Crippen molar-refractivity contribution in [3.63, 3.8) is 0 Å². The first-order chi connectivity index (χ1) is 15.3. The van der Waals surface area contributed by atoms with Crippen molar-refractivity contribution in [3.8, 4) is 11.3 Å². The number of ether oxygens (including phenoxy) is 1. The molecule has 1 N–H and O–H groups in total. The highest BCUT2D eigenvalue weighted by Gasteiger charge is 2.42. The Hall–Kier alpha value is -1.76. The van der Waals surface area contributed by atoms with E-state index in [1.165, 1.54) is 57.5 Å². The van der Waals surface area contributed by atoms with Gasteiger partial charge in [-0.25, -0.2) is 4.39 Å². The molecule has 1 unspecified atom stereocenters. The number of fused-ring (bicyclic) bond motifs is 1. The van der Waals surface area contributed by atoms with E-state index in [4.69, 9.17) is 16.3 Å². The largest absolute Gasteiger partial charge is 0.376 e. The summed E-state index contributed by atoms with van der Waals surface area (Å²) in [6.45, 7) is 8.97. The lowest BCUT2D eigenvalue weighted by Crippen LogP contribution is -2.39. The number of hydrogen-bond acceptors (Lipinski definition) is 5. The number of likely N-dealkylation sites (tertiary alicyclic amines) is 1. The van der Waals surface area contributed by atoms with E-state index in [0.717, 1.165) is 30.2 Å². The summed E-state index contributed by atoms with van der Waals surface area (Å²) in [5.74, 6) is 2.72. The smallest absolute Gasteiger partial charge is 0.148 e. The minimum atomic E-state index is -0.333. The summed E-state index contributed by atoms with van der Waals surface area (Å²) in [7, 11) is 0. The van der Waals surface area contributed by atoms with E-state index < -0.39 is 0 Å². The number of rotatable bonds is 5. The summed E-state index contributed by atoms with van der Waals surface area (Å²) >= 11 is 6.19. The number of benzene rings is 1. The van der Waals surface area contributed by atoms with Crippen LogP contribution in [0.15, 0.2) is 30.3 Å². The van der Waals surface area contributed by atoms with E-state index in [1.54, 1.807) is 6.07 Å². The highest BCUT2D eigenvalue weighted by atomic mass is 35.5. The molecule has 172 valence electrons. The number of nitrogens with zero attached hydrogens (tertiary/aromatic N) is 3. The van der Waals surface area contributed by atoms with E-state index in [-0.39, 0.29) is 11.4 Å². The Morgan fingerprint density at radius 3 is 2.62 bits per heavy atom. The predicted molar refractivity (Wildman–Crippen MR) is 125 cm³/mol. The first kappa shape index (κ1) is 22.1. The topological polar surface area (TPSA) is 50.3 Å². The van der Waals surface area contributed by atoms with Gasteiger partial charge < -0.3 is 15.0 Å². The van der Waals surface area contributed by atoms with Crippen LogP contribution in [0, 0.1) is 23.6 Å². The summed E-state index contributed by atoms with van der Waals surface area (Å²) in [6, 6.07) is 8.48. The fourth-order valence-corrected chi connectivity index (χ4v) is 6.21. The van der Waals surface area contributed by atoms with Crippen molar-refractivity contribution in [1.82, 2.24) is 15.1 Å². The Balaban J connectivity index is 1.13. The SMILES string of the molecule is CC1(C)CC(CN2C[C@H]3C[C@H](Nc4ccc(-c5cc(F)ccc5Cl)nn4)C[C@H]3C2)CCO1. The third-order valence-electron chi connectivity index (χ3n) is 7.36. The van der Waals surface area contributed by atoms with Gasteiger partial charge >= 0.3 is 0 Å². The molecule has 3 heterocycles. The maximum absolute atomic E-state index is 13.6. The van der Waals surface area contributed by atoms with Crippen LogP contribution in [0.25, 0.3) is 11.3 Å². The van der Waals surface area contributed by atoms with Crippen molar-refractivity contribution in [2.75, 3.05) is 31.6 Å². The molecule has 0 amide bonds. The third-order valence-corrected chi connectivity index (χ3v) is 7.69. The zero-order chi connectivity index (χ0) is 22.3. The predicted octanol–water partition coefficient (Wildman–Crippen LogP) is 5.26. The molecule has 4 atom stereocenters. The lowest BCUT2D eigenvalue weighted by molar-refractivity contribution is -0.0762. The summed E-state index contributed by atoms with van der Waals surface area (Å²) in [5, 5.41) is 12.6. The summed E-state index contributed by atoms with van der Waals surface area (Å²) in [4.78, 5) is 2.69. The second kappa shape index (κ2) is 8.88. The van der Waals surface area contributed by atoms with Crippen LogP contribution >= 0.6 is 11.6 Å². The summed E-state index contributed by atoms with van der Waals surface area (Å²) in [6.07, 6.45) is 4.71. The van der Waals surface area contributed by atoms with Gasteiger partial charge in [-0.1, -0.05) is 11.6 Å². The first-order valence-corrected chi connectivity index (χ1v) is 12.1. The van der Waals surface area contributed by atoms with Crippen LogP contribution in [0.4, 0.5) is 10.2 Å². The molecule has 0 bridgehead atoms. The van der Waals surface area contributed by atoms with Crippen molar-refractivity contribution < 1.29 is 9.13 Å². The first-order valence-electron chi connectivity index (χ1n) is 11.8. The fourth-order valence-electron chi connectivity index (χ4n) is 6.00. The summed E-state index contributed by atoms with van der Waals surface area (Å²) < 4.78 is 19.4. The normalized spacial score (nSPS) is 29.8.